The van der Waals surface area contributed by atoms with Crippen LogP contribution in [0.1, 0.15) is 45.6 Å². The number of benzene rings is 1. The van der Waals surface area contributed by atoms with Crippen molar-refractivity contribution in [3.05, 3.63) is 35.9 Å². The van der Waals surface area contributed by atoms with E-state index in [1.165, 1.54) is 0 Å². The van der Waals surface area contributed by atoms with Gasteiger partial charge in [0.2, 0.25) is 5.91 Å². The average molecular weight is 460 g/mol. The van der Waals surface area contributed by atoms with Gasteiger partial charge >= 0.3 is 11.9 Å². The zero-order valence-corrected chi connectivity index (χ0v) is 19.9. The van der Waals surface area contributed by atoms with Crippen LogP contribution in [-0.2, 0) is 30.3 Å². The molecule has 2 aliphatic rings. The zero-order valence-electron chi connectivity index (χ0n) is 19.9. The molecule has 2 fully saturated rings. The molecule has 0 aliphatic carbocycles. The first-order chi connectivity index (χ1) is 16.0. The number of piperidine rings is 1. The molecule has 5 atom stereocenters. The van der Waals surface area contributed by atoms with E-state index in [2.05, 4.69) is 10.6 Å². The molecule has 182 valence electrons. The van der Waals surface area contributed by atoms with E-state index >= 15 is 0 Å². The second kappa shape index (κ2) is 12.1. The number of rotatable bonds is 10. The molecule has 2 saturated heterocycles. The Hall–Kier alpha value is -2.45. The van der Waals surface area contributed by atoms with Crippen LogP contribution in [0.4, 0.5) is 0 Å². The number of likely N-dealkylation sites (tertiary alicyclic amines) is 1. The Bertz CT molecular complexity index is 802. The highest BCUT2D eigenvalue weighted by Gasteiger charge is 2.49. The van der Waals surface area contributed by atoms with Crippen molar-refractivity contribution in [3.8, 4) is 0 Å². The molecule has 0 saturated carbocycles. The second-order valence-electron chi connectivity index (χ2n) is 8.79. The Balaban J connectivity index is 1.72. The molecule has 0 unspecified atom stereocenters. The number of esters is 2. The highest BCUT2D eigenvalue weighted by Crippen LogP contribution is 2.35. The molecule has 8 nitrogen and oxygen atoms in total. The number of aryl methyl sites for hydroxylation is 1. The fourth-order valence-electron chi connectivity index (χ4n) is 4.96. The van der Waals surface area contributed by atoms with Gasteiger partial charge in [-0.1, -0.05) is 30.3 Å². The van der Waals surface area contributed by atoms with E-state index in [-0.39, 0.29) is 43.0 Å². The average Bonchev–Trinajstić information content (AvgIpc) is 3.21. The summed E-state index contributed by atoms with van der Waals surface area (Å²) in [5.74, 6) is -0.624. The zero-order chi connectivity index (χ0) is 23.8. The molecule has 0 radical (unpaired) electrons. The van der Waals surface area contributed by atoms with Gasteiger partial charge in [-0.2, -0.15) is 0 Å². The number of hydrogen-bond donors (Lipinski definition) is 2. The number of hydrogen-bond acceptors (Lipinski definition) is 7. The van der Waals surface area contributed by atoms with Gasteiger partial charge in [-0.05, 0) is 64.5 Å². The second-order valence-corrected chi connectivity index (χ2v) is 8.79. The van der Waals surface area contributed by atoms with Crippen LogP contribution in [0.25, 0.3) is 0 Å². The van der Waals surface area contributed by atoms with Gasteiger partial charge in [-0.15, -0.1) is 0 Å². The normalized spacial score (nSPS) is 24.0. The highest BCUT2D eigenvalue weighted by molar-refractivity contribution is 5.89. The lowest BCUT2D eigenvalue weighted by atomic mass is 9.92. The minimum Gasteiger partial charge on any atom is -0.465 e. The molecule has 33 heavy (non-hydrogen) atoms. The van der Waals surface area contributed by atoms with Crippen molar-refractivity contribution in [2.75, 3.05) is 26.3 Å². The summed E-state index contributed by atoms with van der Waals surface area (Å²) in [4.78, 5) is 40.6. The molecule has 0 spiro atoms. The summed E-state index contributed by atoms with van der Waals surface area (Å²) < 4.78 is 10.5. The fraction of sp³-hybridized carbons (Fsp3) is 0.640. The number of nitrogens with one attached hydrogen (secondary N) is 2. The Morgan fingerprint density at radius 2 is 1.88 bits per heavy atom. The van der Waals surface area contributed by atoms with Gasteiger partial charge in [-0.3, -0.25) is 14.9 Å². The van der Waals surface area contributed by atoms with Crippen molar-refractivity contribution in [2.45, 2.75) is 70.6 Å². The van der Waals surface area contributed by atoms with E-state index in [9.17, 15) is 14.4 Å². The summed E-state index contributed by atoms with van der Waals surface area (Å²) in [6.45, 7) is 7.40. The third-order valence-corrected chi connectivity index (χ3v) is 6.58. The Labute approximate surface area is 196 Å². The topological polar surface area (TPSA) is 97.0 Å². The number of ether oxygens (including phenoxy) is 2. The molecule has 2 heterocycles. The number of carbonyl (C=O) groups excluding carboxylic acids is 3. The molecule has 1 aromatic carbocycles. The molecule has 1 amide bonds. The van der Waals surface area contributed by atoms with Crippen LogP contribution in [0.15, 0.2) is 30.3 Å². The first-order valence-electron chi connectivity index (χ1n) is 12.1. The van der Waals surface area contributed by atoms with E-state index in [1.807, 2.05) is 30.3 Å². The highest BCUT2D eigenvalue weighted by atomic mass is 16.5. The molecule has 3 rings (SSSR count). The van der Waals surface area contributed by atoms with Crippen LogP contribution in [0.3, 0.4) is 0 Å². The lowest BCUT2D eigenvalue weighted by Crippen LogP contribution is -2.58. The summed E-state index contributed by atoms with van der Waals surface area (Å²) >= 11 is 0. The van der Waals surface area contributed by atoms with Gasteiger partial charge in [0.1, 0.15) is 12.1 Å². The number of carbonyl (C=O) groups is 3. The van der Waals surface area contributed by atoms with Crippen molar-refractivity contribution in [2.24, 2.45) is 5.92 Å². The standard InChI is InChI=1S/C25H37N3O5/c1-4-32-24(30)20(12-11-18-9-7-6-8-10-18)27-17(3)23(29)28-21(25(31)33-5-2)15-19-13-14-26-16-22(19)28/h6-10,17,19-22,26-27H,4-5,11-16H2,1-3H3/t17-,19-,20-,21-,22+/m1/s1. The van der Waals surface area contributed by atoms with Crippen LogP contribution >= 0.6 is 0 Å². The predicted octanol–water partition coefficient (Wildman–Crippen LogP) is 1.67. The van der Waals surface area contributed by atoms with Crippen LogP contribution < -0.4 is 10.6 Å². The minimum atomic E-state index is -0.646. The fourth-order valence-corrected chi connectivity index (χ4v) is 4.96. The van der Waals surface area contributed by atoms with Gasteiger partial charge in [-0.25, -0.2) is 4.79 Å². The van der Waals surface area contributed by atoms with Crippen molar-refractivity contribution >= 4 is 17.8 Å². The molecular formula is C25H37N3O5. The van der Waals surface area contributed by atoms with Gasteiger partial charge in [0.15, 0.2) is 0 Å². The predicted molar refractivity (Wildman–Crippen MR) is 124 cm³/mol. The molecule has 1 aromatic rings. The van der Waals surface area contributed by atoms with Gasteiger partial charge in [0, 0.05) is 12.6 Å². The maximum atomic E-state index is 13.6. The molecule has 0 aromatic heterocycles. The van der Waals surface area contributed by atoms with Crippen molar-refractivity contribution in [1.29, 1.82) is 0 Å². The van der Waals surface area contributed by atoms with Crippen LogP contribution in [-0.4, -0.2) is 73.2 Å². The smallest absolute Gasteiger partial charge is 0.328 e. The summed E-state index contributed by atoms with van der Waals surface area (Å²) in [5, 5.41) is 6.54. The van der Waals surface area contributed by atoms with E-state index in [4.69, 9.17) is 9.47 Å². The number of nitrogens with zero attached hydrogens (tertiary/aromatic N) is 1. The third-order valence-electron chi connectivity index (χ3n) is 6.58. The van der Waals surface area contributed by atoms with Crippen molar-refractivity contribution in [1.82, 2.24) is 15.5 Å². The van der Waals surface area contributed by atoms with Crippen LogP contribution in [0.5, 0.6) is 0 Å². The summed E-state index contributed by atoms with van der Waals surface area (Å²) in [7, 11) is 0. The Kier molecular flexibility index (Phi) is 9.26. The monoisotopic (exact) mass is 459 g/mol. The Morgan fingerprint density at radius 1 is 1.15 bits per heavy atom. The molecule has 8 heteroatoms. The van der Waals surface area contributed by atoms with E-state index in [0.29, 0.717) is 25.8 Å². The minimum absolute atomic E-state index is 0.0460. The SMILES string of the molecule is CCOC(=O)[C@H]1C[C@H]2CCNC[C@@H]2N1C(=O)[C@@H](C)N[C@H](CCc1ccccc1)C(=O)OCC. The summed E-state index contributed by atoms with van der Waals surface area (Å²) in [5.41, 5.74) is 1.12. The third kappa shape index (κ3) is 6.32. The lowest BCUT2D eigenvalue weighted by molar-refractivity contribution is -0.155. The first-order valence-corrected chi connectivity index (χ1v) is 12.1. The number of amides is 1. The summed E-state index contributed by atoms with van der Waals surface area (Å²) in [6.07, 6.45) is 2.74. The van der Waals surface area contributed by atoms with Gasteiger partial charge in [0.25, 0.3) is 0 Å². The molecular weight excluding hydrogens is 422 g/mol. The maximum absolute atomic E-state index is 13.6. The first kappa shape index (κ1) is 25.2. The van der Waals surface area contributed by atoms with Crippen molar-refractivity contribution < 1.29 is 23.9 Å². The largest absolute Gasteiger partial charge is 0.465 e. The van der Waals surface area contributed by atoms with Gasteiger partial charge in [0.05, 0.1) is 19.3 Å². The van der Waals surface area contributed by atoms with Crippen molar-refractivity contribution in [3.63, 3.8) is 0 Å². The quantitative estimate of drug-likeness (QED) is 0.514. The molecule has 2 N–H and O–H groups in total. The van der Waals surface area contributed by atoms with E-state index in [0.717, 1.165) is 18.5 Å². The molecule has 2 aliphatic heterocycles. The Morgan fingerprint density at radius 3 is 2.58 bits per heavy atom. The lowest BCUT2D eigenvalue weighted by Gasteiger charge is -2.36. The number of fused-ring (bicyclic) bond motifs is 1. The van der Waals surface area contributed by atoms with E-state index in [1.54, 1.807) is 25.7 Å². The maximum Gasteiger partial charge on any atom is 0.328 e. The van der Waals surface area contributed by atoms with E-state index < -0.39 is 18.1 Å². The van der Waals surface area contributed by atoms with Gasteiger partial charge < -0.3 is 19.7 Å². The summed E-state index contributed by atoms with van der Waals surface area (Å²) in [6, 6.07) is 8.02. The molecule has 0 bridgehead atoms. The van der Waals surface area contributed by atoms with Crippen LogP contribution in [0, 0.1) is 5.92 Å². The van der Waals surface area contributed by atoms with Crippen LogP contribution in [0.2, 0.25) is 0 Å².